The van der Waals surface area contributed by atoms with Crippen LogP contribution in [0.1, 0.15) is 31.2 Å². The molecule has 2 fully saturated rings. The minimum atomic E-state index is -0.745. The summed E-state index contributed by atoms with van der Waals surface area (Å²) in [6.07, 6.45) is 2.78. The summed E-state index contributed by atoms with van der Waals surface area (Å²) in [6, 6.07) is 5.19. The van der Waals surface area contributed by atoms with Gasteiger partial charge in [-0.25, -0.2) is 4.39 Å². The Hall–Kier alpha value is -1.17. The maximum atomic E-state index is 13.9. The molecule has 1 unspecified atom stereocenters. The number of nitrogens with one attached hydrogen (secondary N) is 1. The number of hydrogen-bond acceptors (Lipinski definition) is 3. The van der Waals surface area contributed by atoms with Gasteiger partial charge in [0, 0.05) is 24.8 Å². The van der Waals surface area contributed by atoms with Gasteiger partial charge < -0.3 is 15.2 Å². The third-order valence-electron chi connectivity index (χ3n) is 4.69. The molecule has 0 radical (unpaired) electrons. The third-order valence-corrected chi connectivity index (χ3v) is 4.98. The molecule has 1 saturated carbocycles. The third kappa shape index (κ3) is 3.12. The van der Waals surface area contributed by atoms with Gasteiger partial charge in [-0.1, -0.05) is 23.7 Å². The number of benzene rings is 1. The van der Waals surface area contributed by atoms with Crippen LogP contribution < -0.4 is 5.32 Å². The second-order valence-electron chi connectivity index (χ2n) is 6.26. The molecule has 1 aliphatic carbocycles. The number of ether oxygens (including phenoxy) is 1. The standard InChI is InChI=1S/C16H19ClFNO3/c17-13-3-1-2-10(14(13)18)9-19-12-4-5-22-16(8-12)6-11(7-16)15(20)21/h1-3,11-12,19H,4-9H2,(H,20,21). The zero-order chi connectivity index (χ0) is 15.7. The second kappa shape index (κ2) is 6.14. The highest BCUT2D eigenvalue weighted by molar-refractivity contribution is 6.30. The smallest absolute Gasteiger partial charge is 0.306 e. The van der Waals surface area contributed by atoms with E-state index in [1.165, 1.54) is 6.07 Å². The summed E-state index contributed by atoms with van der Waals surface area (Å²) in [5.41, 5.74) is 0.247. The van der Waals surface area contributed by atoms with E-state index in [-0.39, 0.29) is 28.4 Å². The maximum Gasteiger partial charge on any atom is 0.306 e. The second-order valence-corrected chi connectivity index (χ2v) is 6.67. The van der Waals surface area contributed by atoms with E-state index in [0.717, 1.165) is 12.8 Å². The average molecular weight is 328 g/mol. The first kappa shape index (κ1) is 15.7. The number of hydrogen-bond donors (Lipinski definition) is 2. The Bertz CT molecular complexity index is 575. The molecule has 1 aromatic rings. The van der Waals surface area contributed by atoms with Crippen LogP contribution >= 0.6 is 11.6 Å². The number of rotatable bonds is 4. The first-order valence-corrected chi connectivity index (χ1v) is 7.90. The van der Waals surface area contributed by atoms with Gasteiger partial charge in [0.05, 0.1) is 16.5 Å². The van der Waals surface area contributed by atoms with E-state index < -0.39 is 5.97 Å². The average Bonchev–Trinajstić information content (AvgIpc) is 2.46. The predicted octanol–water partition coefficient (Wildman–Crippen LogP) is 2.98. The van der Waals surface area contributed by atoms with Crippen molar-refractivity contribution in [3.63, 3.8) is 0 Å². The fraction of sp³-hybridized carbons (Fsp3) is 0.562. The molecule has 0 amide bonds. The van der Waals surface area contributed by atoms with Crippen LogP contribution in [0.5, 0.6) is 0 Å². The van der Waals surface area contributed by atoms with Crippen LogP contribution in [0.25, 0.3) is 0 Å². The summed E-state index contributed by atoms with van der Waals surface area (Å²) in [5, 5.41) is 12.5. The Morgan fingerprint density at radius 2 is 2.23 bits per heavy atom. The zero-order valence-electron chi connectivity index (χ0n) is 12.1. The van der Waals surface area contributed by atoms with E-state index in [1.54, 1.807) is 12.1 Å². The molecule has 1 atom stereocenters. The van der Waals surface area contributed by atoms with Gasteiger partial charge >= 0.3 is 5.97 Å². The van der Waals surface area contributed by atoms with Gasteiger partial charge in [-0.2, -0.15) is 0 Å². The largest absolute Gasteiger partial charge is 0.481 e. The molecule has 4 nitrogen and oxygen atoms in total. The van der Waals surface area contributed by atoms with Crippen molar-refractivity contribution < 1.29 is 19.0 Å². The van der Waals surface area contributed by atoms with Crippen molar-refractivity contribution in [2.75, 3.05) is 6.61 Å². The van der Waals surface area contributed by atoms with Crippen molar-refractivity contribution in [1.82, 2.24) is 5.32 Å². The van der Waals surface area contributed by atoms with Crippen LogP contribution in [-0.4, -0.2) is 29.3 Å². The quantitative estimate of drug-likeness (QED) is 0.892. The summed E-state index contributed by atoms with van der Waals surface area (Å²) >= 11 is 5.78. The highest BCUT2D eigenvalue weighted by atomic mass is 35.5. The first-order valence-electron chi connectivity index (χ1n) is 7.52. The lowest BCUT2D eigenvalue weighted by molar-refractivity contribution is -0.181. The van der Waals surface area contributed by atoms with Gasteiger partial charge in [0.1, 0.15) is 5.82 Å². The SMILES string of the molecule is O=C(O)C1CC2(CC(NCc3cccc(Cl)c3F)CCO2)C1. The van der Waals surface area contributed by atoms with E-state index in [0.29, 0.717) is 31.6 Å². The number of halogens is 2. The Balaban J connectivity index is 1.55. The van der Waals surface area contributed by atoms with Gasteiger partial charge in [0.15, 0.2) is 0 Å². The predicted molar refractivity (Wildman–Crippen MR) is 80.3 cm³/mol. The molecule has 1 aromatic carbocycles. The lowest BCUT2D eigenvalue weighted by Crippen LogP contribution is -2.55. The summed E-state index contributed by atoms with van der Waals surface area (Å²) in [5.74, 6) is -1.41. The highest BCUT2D eigenvalue weighted by Gasteiger charge is 2.51. The molecule has 0 bridgehead atoms. The van der Waals surface area contributed by atoms with E-state index >= 15 is 0 Å². The zero-order valence-corrected chi connectivity index (χ0v) is 12.9. The first-order chi connectivity index (χ1) is 10.5. The summed E-state index contributed by atoms with van der Waals surface area (Å²) in [7, 11) is 0. The van der Waals surface area contributed by atoms with Crippen molar-refractivity contribution in [2.45, 2.75) is 43.9 Å². The maximum absolute atomic E-state index is 13.9. The summed E-state index contributed by atoms with van der Waals surface area (Å²) in [4.78, 5) is 10.9. The summed E-state index contributed by atoms with van der Waals surface area (Å²) < 4.78 is 19.7. The van der Waals surface area contributed by atoms with Crippen molar-refractivity contribution in [1.29, 1.82) is 0 Å². The van der Waals surface area contributed by atoms with E-state index in [9.17, 15) is 9.18 Å². The van der Waals surface area contributed by atoms with E-state index in [1.807, 2.05) is 0 Å². The van der Waals surface area contributed by atoms with Crippen LogP contribution in [0.3, 0.4) is 0 Å². The van der Waals surface area contributed by atoms with Crippen molar-refractivity contribution in [3.05, 3.63) is 34.6 Å². The van der Waals surface area contributed by atoms with Gasteiger partial charge in [0.2, 0.25) is 0 Å². The molecule has 1 saturated heterocycles. The molecule has 0 aromatic heterocycles. The fourth-order valence-electron chi connectivity index (χ4n) is 3.44. The van der Waals surface area contributed by atoms with Crippen molar-refractivity contribution in [2.24, 2.45) is 5.92 Å². The molecule has 6 heteroatoms. The molecule has 1 heterocycles. The van der Waals surface area contributed by atoms with Crippen molar-refractivity contribution >= 4 is 17.6 Å². The van der Waals surface area contributed by atoms with Crippen LogP contribution in [0.2, 0.25) is 5.02 Å². The lowest BCUT2D eigenvalue weighted by Gasteiger charge is -2.50. The Morgan fingerprint density at radius 3 is 2.95 bits per heavy atom. The number of aliphatic carboxylic acids is 1. The van der Waals surface area contributed by atoms with Crippen molar-refractivity contribution in [3.8, 4) is 0 Å². The number of carbonyl (C=O) groups is 1. The number of carboxylic acid groups (broad SMARTS) is 1. The van der Waals surface area contributed by atoms with Crippen LogP contribution in [-0.2, 0) is 16.1 Å². The van der Waals surface area contributed by atoms with Gasteiger partial charge in [0.25, 0.3) is 0 Å². The van der Waals surface area contributed by atoms with Crippen LogP contribution in [0, 0.1) is 11.7 Å². The molecule has 1 spiro atoms. The molecular formula is C16H19ClFNO3. The molecule has 1 aliphatic heterocycles. The van der Waals surface area contributed by atoms with Crippen LogP contribution in [0.4, 0.5) is 4.39 Å². The van der Waals surface area contributed by atoms with Gasteiger partial charge in [-0.3, -0.25) is 4.79 Å². The number of carboxylic acids is 1. The monoisotopic (exact) mass is 327 g/mol. The topological polar surface area (TPSA) is 58.6 Å². The molecule has 22 heavy (non-hydrogen) atoms. The molecule has 3 rings (SSSR count). The van der Waals surface area contributed by atoms with E-state index in [4.69, 9.17) is 21.4 Å². The molecule has 2 aliphatic rings. The van der Waals surface area contributed by atoms with E-state index in [2.05, 4.69) is 5.32 Å². The fourth-order valence-corrected chi connectivity index (χ4v) is 3.63. The Kier molecular flexibility index (Phi) is 4.39. The summed E-state index contributed by atoms with van der Waals surface area (Å²) in [6.45, 7) is 1.03. The van der Waals surface area contributed by atoms with Crippen LogP contribution in [0.15, 0.2) is 18.2 Å². The minimum Gasteiger partial charge on any atom is -0.481 e. The Labute approximate surface area is 133 Å². The lowest BCUT2D eigenvalue weighted by atomic mass is 9.66. The minimum absolute atomic E-state index is 0.131. The Morgan fingerprint density at radius 1 is 1.45 bits per heavy atom. The molecular weight excluding hydrogens is 309 g/mol. The molecule has 2 N–H and O–H groups in total. The molecule has 120 valence electrons. The van der Waals surface area contributed by atoms with Gasteiger partial charge in [-0.15, -0.1) is 0 Å². The van der Waals surface area contributed by atoms with Gasteiger partial charge in [-0.05, 0) is 31.7 Å². The normalized spacial score (nSPS) is 31.0. The highest BCUT2D eigenvalue weighted by Crippen LogP contribution is 2.46.